The lowest BCUT2D eigenvalue weighted by Crippen LogP contribution is -2.70. The van der Waals surface area contributed by atoms with Crippen LogP contribution in [0.1, 0.15) is 13.3 Å². The predicted molar refractivity (Wildman–Crippen MR) is 57.8 cm³/mol. The second kappa shape index (κ2) is 5.01. The molecular formula is C9H16O6S. The molecule has 1 rings (SSSR count). The van der Waals surface area contributed by atoms with E-state index >= 15 is 0 Å². The van der Waals surface area contributed by atoms with Gasteiger partial charge in [-0.15, -0.1) is 0 Å². The zero-order valence-electron chi connectivity index (χ0n) is 8.78. The molecule has 16 heavy (non-hydrogen) atoms. The summed E-state index contributed by atoms with van der Waals surface area (Å²) in [6.07, 6.45) is -5.96. The van der Waals surface area contributed by atoms with Crippen LogP contribution in [0.5, 0.6) is 0 Å². The van der Waals surface area contributed by atoms with Gasteiger partial charge in [0.25, 0.3) is 0 Å². The number of hydrogen-bond acceptors (Lipinski definition) is 7. The summed E-state index contributed by atoms with van der Waals surface area (Å²) in [5.74, 6) is 0. The van der Waals surface area contributed by atoms with Gasteiger partial charge >= 0.3 is 0 Å². The average molecular weight is 252 g/mol. The lowest BCUT2D eigenvalue weighted by Gasteiger charge is -2.46. The maximum absolute atomic E-state index is 10.2. The largest absolute Gasteiger partial charge is 0.394 e. The Labute approximate surface area is 98.1 Å². The first-order chi connectivity index (χ1) is 7.39. The number of hydrogen-bond donors (Lipinski definition) is 5. The van der Waals surface area contributed by atoms with E-state index in [0.717, 1.165) is 0 Å². The van der Waals surface area contributed by atoms with Crippen LogP contribution >= 0.6 is 12.2 Å². The van der Waals surface area contributed by atoms with Crippen molar-refractivity contribution >= 4 is 17.1 Å². The summed E-state index contributed by atoms with van der Waals surface area (Å²) in [7, 11) is 0. The topological polar surface area (TPSA) is 110 Å². The van der Waals surface area contributed by atoms with E-state index in [4.69, 9.17) is 22.1 Å². The van der Waals surface area contributed by atoms with Crippen molar-refractivity contribution in [2.24, 2.45) is 0 Å². The number of aliphatic hydroxyl groups is 5. The minimum atomic E-state index is -2.14. The summed E-state index contributed by atoms with van der Waals surface area (Å²) in [5.41, 5.74) is -2.14. The molecule has 1 unspecified atom stereocenters. The Hall–Kier alpha value is -0.150. The summed E-state index contributed by atoms with van der Waals surface area (Å²) >= 11 is 4.88. The summed E-state index contributed by atoms with van der Waals surface area (Å²) in [5, 5.41) is 47.9. The fourth-order valence-electron chi connectivity index (χ4n) is 1.76. The molecule has 94 valence electrons. The molecule has 0 amide bonds. The van der Waals surface area contributed by atoms with Gasteiger partial charge < -0.3 is 30.3 Å². The Morgan fingerprint density at radius 2 is 1.88 bits per heavy atom. The van der Waals surface area contributed by atoms with Gasteiger partial charge in [0.2, 0.25) is 0 Å². The molecule has 0 aromatic carbocycles. The number of aliphatic hydroxyl groups excluding tert-OH is 4. The van der Waals surface area contributed by atoms with Gasteiger partial charge in [-0.25, -0.2) is 0 Å². The smallest absolute Gasteiger partial charge is 0.184 e. The first-order valence-corrected chi connectivity index (χ1v) is 5.36. The number of rotatable bonds is 3. The van der Waals surface area contributed by atoms with Gasteiger partial charge in [0.05, 0.1) is 6.61 Å². The van der Waals surface area contributed by atoms with Crippen LogP contribution in [-0.2, 0) is 4.74 Å². The molecule has 5 atom stereocenters. The third-order valence-electron chi connectivity index (χ3n) is 2.79. The Kier molecular flexibility index (Phi) is 4.35. The number of thiocarbonyl (C=S) groups is 1. The van der Waals surface area contributed by atoms with E-state index in [9.17, 15) is 20.4 Å². The molecule has 0 aliphatic carbocycles. The van der Waals surface area contributed by atoms with Crippen molar-refractivity contribution in [2.45, 2.75) is 43.5 Å². The lowest BCUT2D eigenvalue weighted by molar-refractivity contribution is -0.302. The molecule has 1 heterocycles. The van der Waals surface area contributed by atoms with E-state index < -0.39 is 36.8 Å². The molecule has 0 aromatic heterocycles. The van der Waals surface area contributed by atoms with Crippen LogP contribution in [0.15, 0.2) is 0 Å². The van der Waals surface area contributed by atoms with Crippen LogP contribution in [-0.4, -0.2) is 67.2 Å². The second-order valence-electron chi connectivity index (χ2n) is 3.74. The maximum Gasteiger partial charge on any atom is 0.184 e. The van der Waals surface area contributed by atoms with E-state index in [2.05, 4.69) is 0 Å². The molecule has 6 nitrogen and oxygen atoms in total. The maximum atomic E-state index is 10.2. The van der Waals surface area contributed by atoms with Crippen molar-refractivity contribution in [2.75, 3.05) is 6.61 Å². The summed E-state index contributed by atoms with van der Waals surface area (Å²) in [4.78, 5) is 0.00769. The van der Waals surface area contributed by atoms with Crippen molar-refractivity contribution in [3.8, 4) is 0 Å². The zero-order valence-corrected chi connectivity index (χ0v) is 9.59. The zero-order chi connectivity index (χ0) is 12.5. The van der Waals surface area contributed by atoms with E-state index in [1.165, 1.54) is 0 Å². The molecule has 0 aromatic rings. The summed E-state index contributed by atoms with van der Waals surface area (Å²) < 4.78 is 4.74. The average Bonchev–Trinajstić information content (AvgIpc) is 2.29. The molecule has 0 saturated carbocycles. The molecule has 0 radical (unpaired) electrons. The Morgan fingerprint density at radius 3 is 2.31 bits per heavy atom. The van der Waals surface area contributed by atoms with Crippen molar-refractivity contribution in [1.29, 1.82) is 0 Å². The van der Waals surface area contributed by atoms with Crippen LogP contribution in [0.25, 0.3) is 0 Å². The van der Waals surface area contributed by atoms with Gasteiger partial charge in [-0.05, 0) is 6.42 Å². The SMILES string of the molecule is CCC(=S)[C@@]1(O)[C@H](O)C(O)O[C@H](CO)[C@H]1O. The van der Waals surface area contributed by atoms with Gasteiger partial charge in [-0.2, -0.15) is 0 Å². The fraction of sp³-hybridized carbons (Fsp3) is 0.889. The van der Waals surface area contributed by atoms with Crippen molar-refractivity contribution in [3.05, 3.63) is 0 Å². The highest BCUT2D eigenvalue weighted by Crippen LogP contribution is 2.31. The van der Waals surface area contributed by atoms with E-state index in [0.29, 0.717) is 0 Å². The normalized spacial score (nSPS) is 44.4. The highest BCUT2D eigenvalue weighted by Gasteiger charge is 2.56. The van der Waals surface area contributed by atoms with E-state index in [1.54, 1.807) is 6.92 Å². The van der Waals surface area contributed by atoms with Gasteiger partial charge in [0.15, 0.2) is 11.9 Å². The molecule has 1 aliphatic heterocycles. The third-order valence-corrected chi connectivity index (χ3v) is 3.40. The minimum Gasteiger partial charge on any atom is -0.394 e. The highest BCUT2D eigenvalue weighted by molar-refractivity contribution is 7.80. The monoisotopic (exact) mass is 252 g/mol. The second-order valence-corrected chi connectivity index (χ2v) is 4.23. The fourth-order valence-corrected chi connectivity index (χ4v) is 2.00. The van der Waals surface area contributed by atoms with Crippen LogP contribution in [0.2, 0.25) is 0 Å². The molecular weight excluding hydrogens is 236 g/mol. The summed E-state index contributed by atoms with van der Waals surface area (Å²) in [6, 6.07) is 0. The van der Waals surface area contributed by atoms with E-state index in [-0.39, 0.29) is 11.3 Å². The standard InChI is InChI=1S/C9H16O6S/c1-2-5(16)9(14)6(11)4(3-10)15-8(13)7(9)12/h4,6-8,10-14H,2-3H2,1H3/t4-,6-,7-,8?,9+/m1/s1. The van der Waals surface area contributed by atoms with Crippen molar-refractivity contribution < 1.29 is 30.3 Å². The molecule has 7 heteroatoms. The Bertz CT molecular complexity index is 273. The summed E-state index contributed by atoms with van der Waals surface area (Å²) in [6.45, 7) is 1.05. The first kappa shape index (κ1) is 13.9. The number of ether oxygens (including phenoxy) is 1. The Balaban J connectivity index is 3.06. The van der Waals surface area contributed by atoms with E-state index in [1.807, 2.05) is 0 Å². The van der Waals surface area contributed by atoms with Crippen molar-refractivity contribution in [1.82, 2.24) is 0 Å². The molecule has 0 spiro atoms. The predicted octanol–water partition coefficient (Wildman–Crippen LogP) is -2.07. The first-order valence-electron chi connectivity index (χ1n) is 4.95. The minimum absolute atomic E-state index is 0.00769. The molecule has 1 fully saturated rings. The lowest BCUT2D eigenvalue weighted by atomic mass is 9.80. The van der Waals surface area contributed by atoms with Crippen molar-refractivity contribution in [3.63, 3.8) is 0 Å². The van der Waals surface area contributed by atoms with Crippen LogP contribution in [0.3, 0.4) is 0 Å². The van der Waals surface area contributed by atoms with Gasteiger partial charge in [-0.3, -0.25) is 0 Å². The molecule has 5 N–H and O–H groups in total. The van der Waals surface area contributed by atoms with Crippen LogP contribution < -0.4 is 0 Å². The highest BCUT2D eigenvalue weighted by atomic mass is 32.1. The Morgan fingerprint density at radius 1 is 1.31 bits per heavy atom. The molecule has 1 saturated heterocycles. The van der Waals surface area contributed by atoms with Crippen LogP contribution in [0.4, 0.5) is 0 Å². The molecule has 1 aliphatic rings. The van der Waals surface area contributed by atoms with Gasteiger partial charge in [-0.1, -0.05) is 19.1 Å². The quantitative estimate of drug-likeness (QED) is 0.367. The molecule has 0 bridgehead atoms. The van der Waals surface area contributed by atoms with Crippen LogP contribution in [0, 0.1) is 0 Å². The van der Waals surface area contributed by atoms with Gasteiger partial charge in [0, 0.05) is 4.86 Å². The van der Waals surface area contributed by atoms with Gasteiger partial charge in [0.1, 0.15) is 18.3 Å². The third kappa shape index (κ3) is 2.00.